The summed E-state index contributed by atoms with van der Waals surface area (Å²) < 4.78 is 0.880. The minimum atomic E-state index is -0.875. The average Bonchev–Trinajstić information content (AvgIpc) is 2.95. The largest absolute Gasteiger partial charge is 0.465 e. The molecule has 9 nitrogen and oxygen atoms in total. The maximum atomic E-state index is 12.5. The van der Waals surface area contributed by atoms with Gasteiger partial charge in [0.15, 0.2) is 0 Å². The van der Waals surface area contributed by atoms with Crippen molar-refractivity contribution in [2.75, 3.05) is 18.5 Å². The maximum absolute atomic E-state index is 12.5. The highest BCUT2D eigenvalue weighted by Crippen LogP contribution is 2.28. The molecule has 0 spiro atoms. The number of nitrogens with zero attached hydrogens (tertiary/aromatic N) is 3. The summed E-state index contributed by atoms with van der Waals surface area (Å²) in [5.74, 6) is -0.840. The number of nitrogens with one attached hydrogen (secondary N) is 2. The van der Waals surface area contributed by atoms with Crippen LogP contribution in [0.15, 0.2) is 28.7 Å². The summed E-state index contributed by atoms with van der Waals surface area (Å²) in [6.45, 7) is 5.09. The van der Waals surface area contributed by atoms with E-state index in [0.29, 0.717) is 25.5 Å². The minimum Gasteiger partial charge on any atom is -0.465 e. The average molecular weight is 504 g/mol. The Bertz CT molecular complexity index is 1050. The Morgan fingerprint density at radius 1 is 1.16 bits per heavy atom. The number of carboxylic acid groups (broad SMARTS) is 1. The summed E-state index contributed by atoms with van der Waals surface area (Å²) in [5, 5.41) is 14.7. The summed E-state index contributed by atoms with van der Waals surface area (Å²) >= 11 is 3.48. The molecule has 0 bridgehead atoms. The molecule has 0 aliphatic carbocycles. The van der Waals surface area contributed by atoms with Crippen molar-refractivity contribution in [1.29, 1.82) is 0 Å². The number of halogens is 1. The Morgan fingerprint density at radius 3 is 2.44 bits per heavy atom. The van der Waals surface area contributed by atoms with Gasteiger partial charge in [0.25, 0.3) is 11.8 Å². The monoisotopic (exact) mass is 503 g/mol. The lowest BCUT2D eigenvalue weighted by atomic mass is 10.00. The Hall–Kier alpha value is -2.72. The van der Waals surface area contributed by atoms with Gasteiger partial charge in [-0.1, -0.05) is 35.8 Å². The number of imide groups is 1. The van der Waals surface area contributed by atoms with Gasteiger partial charge in [0.2, 0.25) is 0 Å². The molecule has 0 radical (unpaired) electrons. The van der Waals surface area contributed by atoms with Crippen LogP contribution in [0.1, 0.15) is 32.3 Å². The molecular weight excluding hydrogens is 478 g/mol. The van der Waals surface area contributed by atoms with Crippen LogP contribution < -0.4 is 10.7 Å². The molecule has 4 rings (SSSR count). The molecule has 2 aliphatic heterocycles. The fourth-order valence-electron chi connectivity index (χ4n) is 4.17. The van der Waals surface area contributed by atoms with Gasteiger partial charge in [-0.2, -0.15) is 5.01 Å². The number of anilines is 1. The molecule has 170 valence electrons. The van der Waals surface area contributed by atoms with Gasteiger partial charge in [0.1, 0.15) is 5.82 Å². The SMILES string of the molecule is CC1C(=O)N(Nc2cc(CNC3CCN(C(=O)O)CC3)c3ccc(Br)cc3n2)C(=O)C1C. The first-order chi connectivity index (χ1) is 15.2. The molecule has 10 heteroatoms. The molecular formula is C22H26BrN5O4. The lowest BCUT2D eigenvalue weighted by Gasteiger charge is -2.30. The topological polar surface area (TPSA) is 115 Å². The predicted molar refractivity (Wildman–Crippen MR) is 123 cm³/mol. The number of aromatic nitrogens is 1. The molecule has 3 heterocycles. The van der Waals surface area contributed by atoms with Crippen LogP contribution in [0.4, 0.5) is 10.6 Å². The second-order valence-corrected chi connectivity index (χ2v) is 9.37. The Kier molecular flexibility index (Phi) is 6.34. The third-order valence-corrected chi connectivity index (χ3v) is 6.89. The van der Waals surface area contributed by atoms with Gasteiger partial charge < -0.3 is 15.3 Å². The third kappa shape index (κ3) is 4.42. The van der Waals surface area contributed by atoms with E-state index >= 15 is 0 Å². The van der Waals surface area contributed by atoms with Crippen molar-refractivity contribution >= 4 is 50.6 Å². The molecule has 2 saturated heterocycles. The first kappa shape index (κ1) is 22.5. The van der Waals surface area contributed by atoms with Gasteiger partial charge in [-0.05, 0) is 36.6 Å². The normalized spacial score (nSPS) is 22.1. The van der Waals surface area contributed by atoms with Crippen molar-refractivity contribution in [3.8, 4) is 0 Å². The number of likely N-dealkylation sites (tertiary alicyclic amines) is 1. The number of carbonyl (C=O) groups is 3. The van der Waals surface area contributed by atoms with E-state index in [1.54, 1.807) is 13.8 Å². The smallest absolute Gasteiger partial charge is 0.407 e. The second-order valence-electron chi connectivity index (χ2n) is 8.45. The minimum absolute atomic E-state index is 0.212. The molecule has 2 atom stereocenters. The fraction of sp³-hybridized carbons (Fsp3) is 0.455. The molecule has 32 heavy (non-hydrogen) atoms. The molecule has 1 aromatic carbocycles. The molecule has 2 unspecified atom stereocenters. The molecule has 1 aromatic heterocycles. The third-order valence-electron chi connectivity index (χ3n) is 6.40. The zero-order valence-electron chi connectivity index (χ0n) is 18.0. The Morgan fingerprint density at radius 2 is 1.81 bits per heavy atom. The molecule has 0 saturated carbocycles. The zero-order valence-corrected chi connectivity index (χ0v) is 19.6. The van der Waals surface area contributed by atoms with Crippen LogP contribution in [0.25, 0.3) is 10.9 Å². The number of fused-ring (bicyclic) bond motifs is 1. The number of rotatable bonds is 5. The van der Waals surface area contributed by atoms with Crippen LogP contribution in [0.2, 0.25) is 0 Å². The summed E-state index contributed by atoms with van der Waals surface area (Å²) in [6, 6.07) is 7.89. The van der Waals surface area contributed by atoms with Gasteiger partial charge in [-0.15, -0.1) is 0 Å². The van der Waals surface area contributed by atoms with Crippen LogP contribution >= 0.6 is 15.9 Å². The summed E-state index contributed by atoms with van der Waals surface area (Å²) in [5.41, 5.74) is 4.63. The summed E-state index contributed by atoms with van der Waals surface area (Å²) in [4.78, 5) is 42.1. The number of amides is 3. The van der Waals surface area contributed by atoms with E-state index in [1.165, 1.54) is 4.90 Å². The van der Waals surface area contributed by atoms with E-state index in [2.05, 4.69) is 31.7 Å². The van der Waals surface area contributed by atoms with Crippen molar-refractivity contribution < 1.29 is 19.5 Å². The second kappa shape index (κ2) is 9.03. The van der Waals surface area contributed by atoms with Gasteiger partial charge >= 0.3 is 6.09 Å². The maximum Gasteiger partial charge on any atom is 0.407 e. The lowest BCUT2D eigenvalue weighted by molar-refractivity contribution is -0.138. The van der Waals surface area contributed by atoms with Crippen LogP contribution in [-0.4, -0.2) is 57.0 Å². The van der Waals surface area contributed by atoms with E-state index in [0.717, 1.165) is 38.8 Å². The quantitative estimate of drug-likeness (QED) is 0.536. The van der Waals surface area contributed by atoms with Crippen molar-refractivity contribution in [2.45, 2.75) is 39.3 Å². The van der Waals surface area contributed by atoms with Crippen LogP contribution in [-0.2, 0) is 16.1 Å². The number of carbonyl (C=O) groups excluding carboxylic acids is 2. The molecule has 2 fully saturated rings. The number of pyridine rings is 1. The van der Waals surface area contributed by atoms with Crippen LogP contribution in [0.3, 0.4) is 0 Å². The highest BCUT2D eigenvalue weighted by molar-refractivity contribution is 9.10. The van der Waals surface area contributed by atoms with Crippen molar-refractivity contribution in [2.24, 2.45) is 11.8 Å². The zero-order chi connectivity index (χ0) is 23.0. The summed E-state index contributed by atoms with van der Waals surface area (Å²) in [7, 11) is 0. The van der Waals surface area contributed by atoms with E-state index in [9.17, 15) is 14.4 Å². The standard InChI is InChI=1S/C22H26BrN5O4/c1-12-13(2)21(30)28(20(12)29)26-19-9-14(17-4-3-15(23)10-18(17)25-19)11-24-16-5-7-27(8-6-16)22(31)32/h3-4,9-10,12-13,16,24H,5-8,11H2,1-2H3,(H,25,26)(H,31,32). The molecule has 3 N–H and O–H groups in total. The lowest BCUT2D eigenvalue weighted by Crippen LogP contribution is -2.44. The van der Waals surface area contributed by atoms with Crippen molar-refractivity contribution in [1.82, 2.24) is 20.2 Å². The molecule has 2 aromatic rings. The van der Waals surface area contributed by atoms with Crippen LogP contribution in [0, 0.1) is 11.8 Å². The summed E-state index contributed by atoms with van der Waals surface area (Å²) in [6.07, 6.45) is 0.622. The van der Waals surface area contributed by atoms with E-state index < -0.39 is 6.09 Å². The van der Waals surface area contributed by atoms with Gasteiger partial charge in [-0.25, -0.2) is 9.78 Å². The van der Waals surface area contributed by atoms with Gasteiger partial charge in [-0.3, -0.25) is 15.0 Å². The fourth-order valence-corrected chi connectivity index (χ4v) is 4.52. The first-order valence-corrected chi connectivity index (χ1v) is 11.5. The van der Waals surface area contributed by atoms with Gasteiger partial charge in [0.05, 0.1) is 5.52 Å². The number of benzene rings is 1. The van der Waals surface area contributed by atoms with Crippen molar-refractivity contribution in [3.63, 3.8) is 0 Å². The number of piperidine rings is 1. The van der Waals surface area contributed by atoms with Crippen LogP contribution in [0.5, 0.6) is 0 Å². The molecule has 2 aliphatic rings. The number of hydrogen-bond acceptors (Lipinski definition) is 6. The van der Waals surface area contributed by atoms with Crippen molar-refractivity contribution in [3.05, 3.63) is 34.3 Å². The number of hydrazine groups is 1. The van der Waals surface area contributed by atoms with Gasteiger partial charge in [0, 0.05) is 47.4 Å². The Labute approximate surface area is 194 Å². The highest BCUT2D eigenvalue weighted by Gasteiger charge is 2.43. The van der Waals surface area contributed by atoms with E-state index in [-0.39, 0.29) is 29.7 Å². The predicted octanol–water partition coefficient (Wildman–Crippen LogP) is 3.20. The first-order valence-electron chi connectivity index (χ1n) is 10.7. The highest BCUT2D eigenvalue weighted by atomic mass is 79.9. The van der Waals surface area contributed by atoms with E-state index in [4.69, 9.17) is 5.11 Å². The molecule has 3 amide bonds. The van der Waals surface area contributed by atoms with E-state index in [1.807, 2.05) is 24.3 Å². The number of hydrogen-bond donors (Lipinski definition) is 3. The Balaban J connectivity index is 1.55.